The molecule has 0 aromatic carbocycles. The number of nitrogen functional groups attached to an aromatic ring is 1. The summed E-state index contributed by atoms with van der Waals surface area (Å²) in [5, 5.41) is 0. The first-order chi connectivity index (χ1) is 6.88. The molecule has 1 aromatic heterocycles. The summed E-state index contributed by atoms with van der Waals surface area (Å²) in [5.41, 5.74) is 5.75. The van der Waals surface area contributed by atoms with Crippen molar-refractivity contribution in [2.24, 2.45) is 0 Å². The van der Waals surface area contributed by atoms with Crippen molar-refractivity contribution in [3.05, 3.63) is 28.7 Å². The number of pyridine rings is 1. The van der Waals surface area contributed by atoms with Crippen molar-refractivity contribution >= 4 is 17.4 Å². The molecule has 1 aromatic rings. The first-order valence-electron chi connectivity index (χ1n) is 4.98. The van der Waals surface area contributed by atoms with Gasteiger partial charge in [0.25, 0.3) is 0 Å². The molecule has 0 atom stereocenters. The molecule has 0 spiro atoms. The minimum atomic E-state index is -0.102. The average molecular weight is 226 g/mol. The number of aromatic nitrogens is 1. The number of anilines is 1. The van der Waals surface area contributed by atoms with E-state index in [1.54, 1.807) is 12.4 Å². The van der Waals surface area contributed by atoms with Crippen LogP contribution in [-0.2, 0) is 6.54 Å². The Hall–Kier alpha value is -0.900. The van der Waals surface area contributed by atoms with Crippen LogP contribution in [0.25, 0.3) is 0 Å². The van der Waals surface area contributed by atoms with E-state index in [0.29, 0.717) is 5.69 Å². The molecule has 0 bridgehead atoms. The van der Waals surface area contributed by atoms with Gasteiger partial charge in [-0.15, -0.1) is 0 Å². The summed E-state index contributed by atoms with van der Waals surface area (Å²) in [5.74, 6) is 1.02. The van der Waals surface area contributed by atoms with Crippen molar-refractivity contribution in [1.29, 1.82) is 0 Å². The molecule has 3 nitrogen and oxygen atoms in total. The second-order valence-electron chi connectivity index (χ2n) is 4.46. The molecule has 1 rings (SSSR count). The van der Waals surface area contributed by atoms with Crippen LogP contribution in [0, 0.1) is 0 Å². The van der Waals surface area contributed by atoms with Crippen LogP contribution >= 0.6 is 11.8 Å². The molecule has 4 heteroatoms. The number of nitrogens with zero attached hydrogens (tertiary/aromatic N) is 1. The van der Waals surface area contributed by atoms with Crippen molar-refractivity contribution in [3.63, 3.8) is 0 Å². The minimum absolute atomic E-state index is 0.102. The fourth-order valence-electron chi connectivity index (χ4n) is 1.14. The van der Waals surface area contributed by atoms with Crippen molar-refractivity contribution in [2.75, 3.05) is 11.5 Å². The van der Waals surface area contributed by atoms with Gasteiger partial charge in [0, 0.05) is 35.5 Å². The average Bonchev–Trinajstić information content (AvgIpc) is 2.09. The molecular formula is C11H18N2OS. The standard InChI is InChI=1S/C11H18N2OS/c1-11(2,3)15-7-6-13-5-4-10(14)9(12)8-13/h4-5,8H,6-7,12H2,1-3H3. The van der Waals surface area contributed by atoms with Crippen molar-refractivity contribution in [1.82, 2.24) is 4.57 Å². The van der Waals surface area contributed by atoms with Crippen LogP contribution in [0.15, 0.2) is 23.3 Å². The number of hydrogen-bond donors (Lipinski definition) is 1. The summed E-state index contributed by atoms with van der Waals surface area (Å²) >= 11 is 1.90. The van der Waals surface area contributed by atoms with E-state index in [9.17, 15) is 4.79 Å². The molecule has 0 saturated carbocycles. The zero-order valence-electron chi connectivity index (χ0n) is 9.49. The summed E-state index contributed by atoms with van der Waals surface area (Å²) in [7, 11) is 0. The topological polar surface area (TPSA) is 48.0 Å². The second kappa shape index (κ2) is 4.75. The zero-order valence-corrected chi connectivity index (χ0v) is 10.3. The highest BCUT2D eigenvalue weighted by Crippen LogP contribution is 2.22. The highest BCUT2D eigenvalue weighted by Gasteiger charge is 2.09. The van der Waals surface area contributed by atoms with E-state index in [1.165, 1.54) is 6.07 Å². The molecule has 15 heavy (non-hydrogen) atoms. The predicted octanol–water partition coefficient (Wildman–Crippen LogP) is 1.96. The van der Waals surface area contributed by atoms with Gasteiger partial charge in [0.15, 0.2) is 0 Å². The quantitative estimate of drug-likeness (QED) is 0.857. The Morgan fingerprint density at radius 1 is 1.47 bits per heavy atom. The van der Waals surface area contributed by atoms with Gasteiger partial charge in [0.1, 0.15) is 0 Å². The molecule has 2 N–H and O–H groups in total. The Morgan fingerprint density at radius 2 is 2.13 bits per heavy atom. The smallest absolute Gasteiger partial charge is 0.204 e. The highest BCUT2D eigenvalue weighted by molar-refractivity contribution is 8.00. The van der Waals surface area contributed by atoms with Gasteiger partial charge in [-0.05, 0) is 0 Å². The maximum absolute atomic E-state index is 11.1. The number of hydrogen-bond acceptors (Lipinski definition) is 3. The third-order valence-corrected chi connectivity index (χ3v) is 3.14. The Labute approximate surface area is 94.7 Å². The summed E-state index contributed by atoms with van der Waals surface area (Å²) in [6, 6.07) is 1.51. The van der Waals surface area contributed by atoms with Crippen LogP contribution in [0.1, 0.15) is 20.8 Å². The molecule has 0 fully saturated rings. The molecule has 0 aliphatic rings. The van der Waals surface area contributed by atoms with Crippen LogP contribution < -0.4 is 11.2 Å². The van der Waals surface area contributed by atoms with E-state index in [-0.39, 0.29) is 10.2 Å². The van der Waals surface area contributed by atoms with Gasteiger partial charge < -0.3 is 10.3 Å². The largest absolute Gasteiger partial charge is 0.394 e. The predicted molar refractivity (Wildman–Crippen MR) is 67.3 cm³/mol. The van der Waals surface area contributed by atoms with E-state index in [0.717, 1.165) is 12.3 Å². The molecule has 0 unspecified atom stereocenters. The van der Waals surface area contributed by atoms with Crippen LogP contribution in [0.4, 0.5) is 5.69 Å². The van der Waals surface area contributed by atoms with Gasteiger partial charge in [-0.2, -0.15) is 11.8 Å². The summed E-state index contributed by atoms with van der Waals surface area (Å²) in [4.78, 5) is 11.1. The molecule has 0 amide bonds. The Bertz CT molecular complexity index is 379. The molecular weight excluding hydrogens is 208 g/mol. The number of rotatable bonds is 3. The first kappa shape index (κ1) is 12.2. The molecule has 0 aliphatic heterocycles. The third kappa shape index (κ3) is 4.42. The normalized spacial score (nSPS) is 11.7. The molecule has 1 heterocycles. The lowest BCUT2D eigenvalue weighted by atomic mass is 10.3. The van der Waals surface area contributed by atoms with Crippen molar-refractivity contribution in [3.8, 4) is 0 Å². The fourth-order valence-corrected chi connectivity index (χ4v) is 2.06. The van der Waals surface area contributed by atoms with Gasteiger partial charge in [-0.1, -0.05) is 20.8 Å². The maximum Gasteiger partial charge on any atom is 0.204 e. The van der Waals surface area contributed by atoms with Crippen LogP contribution in [0.3, 0.4) is 0 Å². The van der Waals surface area contributed by atoms with Crippen LogP contribution in [0.5, 0.6) is 0 Å². The van der Waals surface area contributed by atoms with Crippen LogP contribution in [-0.4, -0.2) is 15.1 Å². The third-order valence-electron chi connectivity index (χ3n) is 1.89. The van der Waals surface area contributed by atoms with Crippen molar-refractivity contribution < 1.29 is 0 Å². The van der Waals surface area contributed by atoms with Crippen molar-refractivity contribution in [2.45, 2.75) is 32.1 Å². The summed E-state index contributed by atoms with van der Waals surface area (Å²) in [6.07, 6.45) is 3.48. The van der Waals surface area contributed by atoms with E-state index in [2.05, 4.69) is 20.8 Å². The minimum Gasteiger partial charge on any atom is -0.394 e. The maximum atomic E-state index is 11.1. The number of nitrogens with two attached hydrogens (primary N) is 1. The summed E-state index contributed by atoms with van der Waals surface area (Å²) < 4.78 is 2.24. The molecule has 84 valence electrons. The SMILES string of the molecule is CC(C)(C)SCCn1ccc(=O)c(N)c1. The lowest BCUT2D eigenvalue weighted by Gasteiger charge is -2.17. The lowest BCUT2D eigenvalue weighted by molar-refractivity contribution is 0.749. The highest BCUT2D eigenvalue weighted by atomic mass is 32.2. The second-order valence-corrected chi connectivity index (χ2v) is 6.38. The van der Waals surface area contributed by atoms with Crippen LogP contribution in [0.2, 0.25) is 0 Å². The molecule has 0 radical (unpaired) electrons. The monoisotopic (exact) mass is 226 g/mol. The van der Waals surface area contributed by atoms with E-state index >= 15 is 0 Å². The van der Waals surface area contributed by atoms with E-state index < -0.39 is 0 Å². The first-order valence-corrected chi connectivity index (χ1v) is 5.96. The Morgan fingerprint density at radius 3 is 2.67 bits per heavy atom. The summed E-state index contributed by atoms with van der Waals surface area (Å²) in [6.45, 7) is 7.46. The molecule has 0 saturated heterocycles. The van der Waals surface area contributed by atoms with Gasteiger partial charge in [-0.25, -0.2) is 0 Å². The van der Waals surface area contributed by atoms with Gasteiger partial charge in [0.2, 0.25) is 5.43 Å². The van der Waals surface area contributed by atoms with Gasteiger partial charge in [0.05, 0.1) is 5.69 Å². The Kier molecular flexibility index (Phi) is 3.85. The van der Waals surface area contributed by atoms with Gasteiger partial charge in [-0.3, -0.25) is 4.79 Å². The van der Waals surface area contributed by atoms with E-state index in [4.69, 9.17) is 5.73 Å². The number of aryl methyl sites for hydroxylation is 1. The fraction of sp³-hybridized carbons (Fsp3) is 0.545. The Balaban J connectivity index is 2.52. The van der Waals surface area contributed by atoms with E-state index in [1.807, 2.05) is 16.3 Å². The zero-order chi connectivity index (χ0) is 11.5. The lowest BCUT2D eigenvalue weighted by Crippen LogP contribution is -2.14. The molecule has 0 aliphatic carbocycles. The number of thioether (sulfide) groups is 1. The van der Waals surface area contributed by atoms with Gasteiger partial charge >= 0.3 is 0 Å².